The highest BCUT2D eigenvalue weighted by Gasteiger charge is 2.39. The summed E-state index contributed by atoms with van der Waals surface area (Å²) >= 11 is 3.84. The Bertz CT molecular complexity index is 1320. The summed E-state index contributed by atoms with van der Waals surface area (Å²) < 4.78 is 19.3. The summed E-state index contributed by atoms with van der Waals surface area (Å²) in [6.45, 7) is 0.540. The van der Waals surface area contributed by atoms with Crippen molar-refractivity contribution >= 4 is 23.5 Å². The van der Waals surface area contributed by atoms with E-state index in [0.29, 0.717) is 11.2 Å². The Kier molecular flexibility index (Phi) is 11.2. The third-order valence-corrected chi connectivity index (χ3v) is 10.2. The molecular weight excluding hydrogens is 561 g/mol. The van der Waals surface area contributed by atoms with Crippen LogP contribution in [-0.2, 0) is 21.7 Å². The molecule has 218 valence electrons. The maximum Gasteiger partial charge on any atom is 0.143 e. The van der Waals surface area contributed by atoms with Crippen LogP contribution < -0.4 is 4.74 Å². The van der Waals surface area contributed by atoms with Crippen molar-refractivity contribution in [1.82, 2.24) is 0 Å². The molecule has 2 atom stereocenters. The standard InChI is InChI=1S/C36H38O4S2/c1-38-32-20-18-31(19-21-32)36(29-14-7-3-8-15-29,30-16-9-4-10-17-30)40-27-34(39-26-28-12-5-2-6-13-28)33(37)22-23-35-41-24-11-25-42-35/h2-10,12-23,33-35,37H,11,24-27H2,1H3/b23-22+/t33-,34+/m0/s1. The zero-order chi connectivity index (χ0) is 29.0. The van der Waals surface area contributed by atoms with Gasteiger partial charge in [0.1, 0.15) is 23.6 Å². The first-order valence-electron chi connectivity index (χ1n) is 14.3. The van der Waals surface area contributed by atoms with Crippen LogP contribution in [0.3, 0.4) is 0 Å². The first kappa shape index (κ1) is 30.5. The lowest BCUT2D eigenvalue weighted by atomic mass is 9.80. The summed E-state index contributed by atoms with van der Waals surface area (Å²) in [6, 6.07) is 38.5. The second-order valence-electron chi connectivity index (χ2n) is 10.1. The van der Waals surface area contributed by atoms with E-state index in [0.717, 1.165) is 39.5 Å². The molecular formula is C36H38O4S2. The molecule has 1 saturated heterocycles. The molecule has 4 aromatic rings. The van der Waals surface area contributed by atoms with Gasteiger partial charge in [-0.15, -0.1) is 23.5 Å². The number of rotatable bonds is 13. The van der Waals surface area contributed by atoms with E-state index in [-0.39, 0.29) is 6.61 Å². The highest BCUT2D eigenvalue weighted by atomic mass is 32.2. The van der Waals surface area contributed by atoms with Crippen molar-refractivity contribution in [3.8, 4) is 5.75 Å². The molecule has 0 amide bonds. The van der Waals surface area contributed by atoms with Gasteiger partial charge in [-0.1, -0.05) is 115 Å². The molecule has 0 aliphatic carbocycles. The van der Waals surface area contributed by atoms with E-state index >= 15 is 0 Å². The predicted octanol–water partition coefficient (Wildman–Crippen LogP) is 7.70. The second-order valence-corrected chi connectivity index (χ2v) is 12.9. The lowest BCUT2D eigenvalue weighted by Gasteiger charge is -2.37. The first-order chi connectivity index (χ1) is 20.7. The number of aliphatic hydroxyl groups is 1. The number of aliphatic hydroxyl groups excluding tert-OH is 1. The number of hydrogen-bond acceptors (Lipinski definition) is 6. The molecule has 1 aliphatic rings. The van der Waals surface area contributed by atoms with Crippen LogP contribution in [0.5, 0.6) is 5.75 Å². The minimum Gasteiger partial charge on any atom is -0.497 e. The summed E-state index contributed by atoms with van der Waals surface area (Å²) in [7, 11) is 1.67. The maximum atomic E-state index is 11.5. The Balaban J connectivity index is 1.49. The van der Waals surface area contributed by atoms with Crippen molar-refractivity contribution < 1.29 is 19.3 Å². The van der Waals surface area contributed by atoms with E-state index in [1.165, 1.54) is 6.42 Å². The van der Waals surface area contributed by atoms with Crippen molar-refractivity contribution in [3.05, 3.63) is 150 Å². The minimum atomic E-state index is -0.943. The Hall–Kier alpha value is -3.00. The van der Waals surface area contributed by atoms with Crippen LogP contribution in [0.2, 0.25) is 0 Å². The summed E-state index contributed by atoms with van der Waals surface area (Å²) in [5.41, 5.74) is 3.04. The van der Waals surface area contributed by atoms with Crippen LogP contribution in [0, 0.1) is 0 Å². The molecule has 0 aromatic heterocycles. The fourth-order valence-electron chi connectivity index (χ4n) is 5.10. The lowest BCUT2D eigenvalue weighted by molar-refractivity contribution is -0.102. The van der Waals surface area contributed by atoms with E-state index in [4.69, 9.17) is 14.2 Å². The molecule has 0 unspecified atom stereocenters. The molecule has 5 rings (SSSR count). The normalized spacial score (nSPS) is 15.9. The van der Waals surface area contributed by atoms with Gasteiger partial charge >= 0.3 is 0 Å². The van der Waals surface area contributed by atoms with E-state index in [2.05, 4.69) is 30.3 Å². The van der Waals surface area contributed by atoms with Crippen LogP contribution in [0.1, 0.15) is 28.7 Å². The molecule has 0 saturated carbocycles. The molecule has 1 N–H and O–H groups in total. The number of thioether (sulfide) groups is 2. The van der Waals surface area contributed by atoms with E-state index in [9.17, 15) is 5.11 Å². The Morgan fingerprint density at radius 1 is 0.786 bits per heavy atom. The molecule has 4 nitrogen and oxygen atoms in total. The third-order valence-electron chi connectivity index (χ3n) is 7.33. The Morgan fingerprint density at radius 3 is 1.90 bits per heavy atom. The van der Waals surface area contributed by atoms with Crippen LogP contribution in [-0.4, -0.2) is 47.1 Å². The molecule has 6 heteroatoms. The largest absolute Gasteiger partial charge is 0.497 e. The van der Waals surface area contributed by atoms with Gasteiger partial charge in [-0.25, -0.2) is 0 Å². The Morgan fingerprint density at radius 2 is 1.33 bits per heavy atom. The zero-order valence-electron chi connectivity index (χ0n) is 23.9. The van der Waals surface area contributed by atoms with Crippen molar-refractivity contribution in [2.75, 3.05) is 25.2 Å². The van der Waals surface area contributed by atoms with Crippen molar-refractivity contribution in [1.29, 1.82) is 0 Å². The van der Waals surface area contributed by atoms with Gasteiger partial charge in [0.2, 0.25) is 0 Å². The molecule has 4 aromatic carbocycles. The average molecular weight is 599 g/mol. The van der Waals surface area contributed by atoms with E-state index in [1.54, 1.807) is 7.11 Å². The predicted molar refractivity (Wildman–Crippen MR) is 175 cm³/mol. The lowest BCUT2D eigenvalue weighted by Crippen LogP contribution is -2.39. The van der Waals surface area contributed by atoms with E-state index in [1.807, 2.05) is 121 Å². The highest BCUT2D eigenvalue weighted by Crippen LogP contribution is 2.41. The maximum absolute atomic E-state index is 11.5. The molecule has 0 bridgehead atoms. The van der Waals surface area contributed by atoms with Crippen molar-refractivity contribution in [2.24, 2.45) is 0 Å². The summed E-state index contributed by atoms with van der Waals surface area (Å²) in [5, 5.41) is 11.5. The Labute approximate surface area is 258 Å². The van der Waals surface area contributed by atoms with Crippen LogP contribution in [0.15, 0.2) is 127 Å². The summed E-state index contributed by atoms with van der Waals surface area (Å²) in [4.78, 5) is 0. The molecule has 1 fully saturated rings. The van der Waals surface area contributed by atoms with Gasteiger partial charge in [-0.3, -0.25) is 0 Å². The second kappa shape index (κ2) is 15.5. The number of benzene rings is 4. The smallest absolute Gasteiger partial charge is 0.143 e. The number of methoxy groups -OCH3 is 1. The number of hydrogen-bond donors (Lipinski definition) is 1. The molecule has 0 spiro atoms. The third kappa shape index (κ3) is 7.68. The van der Waals surface area contributed by atoms with Crippen molar-refractivity contribution in [3.63, 3.8) is 0 Å². The average Bonchev–Trinajstić information content (AvgIpc) is 3.07. The van der Waals surface area contributed by atoms with Crippen LogP contribution >= 0.6 is 23.5 Å². The topological polar surface area (TPSA) is 47.9 Å². The highest BCUT2D eigenvalue weighted by molar-refractivity contribution is 8.17. The van der Waals surface area contributed by atoms with Crippen molar-refractivity contribution in [2.45, 2.75) is 35.4 Å². The molecule has 1 aliphatic heterocycles. The number of ether oxygens (including phenoxy) is 3. The van der Waals surface area contributed by atoms with Gasteiger partial charge in [0.15, 0.2) is 0 Å². The fraction of sp³-hybridized carbons (Fsp3) is 0.278. The first-order valence-corrected chi connectivity index (χ1v) is 16.4. The fourth-order valence-corrected chi connectivity index (χ4v) is 7.73. The van der Waals surface area contributed by atoms with Crippen LogP contribution in [0.25, 0.3) is 0 Å². The van der Waals surface area contributed by atoms with Gasteiger partial charge in [0.25, 0.3) is 0 Å². The monoisotopic (exact) mass is 598 g/mol. The van der Waals surface area contributed by atoms with E-state index < -0.39 is 17.8 Å². The van der Waals surface area contributed by atoms with Crippen LogP contribution in [0.4, 0.5) is 0 Å². The van der Waals surface area contributed by atoms with Gasteiger partial charge in [-0.2, -0.15) is 0 Å². The molecule has 1 heterocycles. The quantitative estimate of drug-likeness (QED) is 0.126. The minimum absolute atomic E-state index is 0.166. The van der Waals surface area contributed by atoms with Gasteiger partial charge in [0.05, 0.1) is 24.9 Å². The molecule has 42 heavy (non-hydrogen) atoms. The van der Waals surface area contributed by atoms with Gasteiger partial charge < -0.3 is 19.3 Å². The molecule has 0 radical (unpaired) electrons. The van der Waals surface area contributed by atoms with Gasteiger partial charge in [0, 0.05) is 0 Å². The van der Waals surface area contributed by atoms with Gasteiger partial charge in [-0.05, 0) is 52.3 Å². The zero-order valence-corrected chi connectivity index (χ0v) is 25.5. The SMILES string of the molecule is COc1ccc(C(OC[C@@H](OCc2ccccc2)[C@@H](O)/C=C/C2SCCCS2)(c2ccccc2)c2ccccc2)cc1. The summed E-state index contributed by atoms with van der Waals surface area (Å²) in [6.07, 6.45) is 3.80. The summed E-state index contributed by atoms with van der Waals surface area (Å²) in [5.74, 6) is 3.07.